The van der Waals surface area contributed by atoms with Gasteiger partial charge < -0.3 is 25.6 Å². The summed E-state index contributed by atoms with van der Waals surface area (Å²) in [6.07, 6.45) is 0.715. The Bertz CT molecular complexity index is 1070. The van der Waals surface area contributed by atoms with Crippen LogP contribution >= 0.6 is 0 Å². The molecule has 0 saturated carbocycles. The summed E-state index contributed by atoms with van der Waals surface area (Å²) >= 11 is 0. The van der Waals surface area contributed by atoms with Gasteiger partial charge in [-0.1, -0.05) is 72.8 Å². The number of carboxylic acids is 2. The van der Waals surface area contributed by atoms with E-state index in [1.165, 1.54) is 6.07 Å². The lowest BCUT2D eigenvalue weighted by molar-refractivity contribution is -0.159. The Hall–Kier alpha value is -4.24. The maximum atomic E-state index is 13.5. The molecular formula is C26H27FN2O6. The van der Waals surface area contributed by atoms with E-state index in [1.54, 1.807) is 18.2 Å². The molecule has 0 aliphatic rings. The fourth-order valence-corrected chi connectivity index (χ4v) is 3.03. The molecule has 184 valence electrons. The third-order valence-corrected chi connectivity index (χ3v) is 4.66. The quantitative estimate of drug-likeness (QED) is 0.259. The van der Waals surface area contributed by atoms with Crippen molar-refractivity contribution in [1.82, 2.24) is 10.6 Å². The van der Waals surface area contributed by atoms with Gasteiger partial charge in [-0.15, -0.1) is 0 Å². The van der Waals surface area contributed by atoms with Crippen molar-refractivity contribution in [1.29, 1.82) is 0 Å². The minimum Gasteiger partial charge on any atom is -0.489 e. The molecule has 1 amide bonds. The lowest BCUT2D eigenvalue weighted by Gasteiger charge is -2.20. The van der Waals surface area contributed by atoms with E-state index in [0.717, 1.165) is 11.1 Å². The van der Waals surface area contributed by atoms with Crippen molar-refractivity contribution in [2.75, 3.05) is 19.7 Å². The summed E-state index contributed by atoms with van der Waals surface area (Å²) < 4.78 is 18.9. The second-order valence-corrected chi connectivity index (χ2v) is 7.29. The molecule has 0 radical (unpaired) electrons. The number of amides is 1. The zero-order valence-corrected chi connectivity index (χ0v) is 18.9. The molecule has 8 nitrogen and oxygen atoms in total. The van der Waals surface area contributed by atoms with Crippen molar-refractivity contribution < 1.29 is 33.7 Å². The van der Waals surface area contributed by atoms with Gasteiger partial charge in [0.25, 0.3) is 0 Å². The summed E-state index contributed by atoms with van der Waals surface area (Å²) in [4.78, 5) is 30.6. The molecule has 0 spiro atoms. The van der Waals surface area contributed by atoms with E-state index in [1.807, 2.05) is 48.5 Å². The summed E-state index contributed by atoms with van der Waals surface area (Å²) in [6.45, 7) is 0.884. The molecule has 0 aliphatic carbocycles. The zero-order valence-electron chi connectivity index (χ0n) is 18.9. The highest BCUT2D eigenvalue weighted by Gasteiger charge is 2.15. The first-order valence-electron chi connectivity index (χ1n) is 10.8. The molecule has 0 aromatic heterocycles. The van der Waals surface area contributed by atoms with Crippen LogP contribution in [-0.2, 0) is 20.8 Å². The number of carboxylic acid groups (broad SMARTS) is 2. The van der Waals surface area contributed by atoms with Gasteiger partial charge in [-0.05, 0) is 29.7 Å². The molecular weight excluding hydrogens is 455 g/mol. The first kappa shape index (κ1) is 27.0. The number of para-hydroxylation sites is 1. The van der Waals surface area contributed by atoms with Gasteiger partial charge in [0, 0.05) is 6.54 Å². The minimum atomic E-state index is -1.82. The highest BCUT2D eigenvalue weighted by molar-refractivity contribution is 6.27. The number of aliphatic carboxylic acids is 2. The van der Waals surface area contributed by atoms with Crippen LogP contribution in [0.5, 0.6) is 5.75 Å². The number of hydrogen-bond acceptors (Lipinski definition) is 5. The third kappa shape index (κ3) is 10.5. The number of ether oxygens (including phenoxy) is 1. The van der Waals surface area contributed by atoms with Gasteiger partial charge in [-0.25, -0.2) is 14.0 Å². The average molecular weight is 483 g/mol. The Kier molecular flexibility index (Phi) is 11.4. The largest absolute Gasteiger partial charge is 0.489 e. The molecule has 0 bridgehead atoms. The van der Waals surface area contributed by atoms with E-state index in [2.05, 4.69) is 22.8 Å². The fourth-order valence-electron chi connectivity index (χ4n) is 3.03. The van der Waals surface area contributed by atoms with Gasteiger partial charge in [0.05, 0.1) is 12.6 Å². The highest BCUT2D eigenvalue weighted by Crippen LogP contribution is 2.18. The number of hydrogen-bond donors (Lipinski definition) is 4. The van der Waals surface area contributed by atoms with E-state index in [0.29, 0.717) is 13.0 Å². The lowest BCUT2D eigenvalue weighted by atomic mass is 9.99. The maximum Gasteiger partial charge on any atom is 0.414 e. The smallest absolute Gasteiger partial charge is 0.414 e. The van der Waals surface area contributed by atoms with Crippen molar-refractivity contribution in [2.24, 2.45) is 0 Å². The van der Waals surface area contributed by atoms with Crippen molar-refractivity contribution in [2.45, 2.75) is 12.5 Å². The van der Waals surface area contributed by atoms with E-state index < -0.39 is 17.8 Å². The van der Waals surface area contributed by atoms with Crippen LogP contribution in [0, 0.1) is 5.82 Å². The number of benzene rings is 3. The molecule has 0 fully saturated rings. The second-order valence-electron chi connectivity index (χ2n) is 7.29. The highest BCUT2D eigenvalue weighted by atomic mass is 19.1. The molecule has 0 heterocycles. The van der Waals surface area contributed by atoms with Crippen molar-refractivity contribution >= 4 is 17.8 Å². The van der Waals surface area contributed by atoms with Gasteiger partial charge in [0.15, 0.2) is 11.6 Å². The topological polar surface area (TPSA) is 125 Å². The van der Waals surface area contributed by atoms with Crippen LogP contribution in [0.3, 0.4) is 0 Å². The number of carbonyl (C=O) groups excluding carboxylic acids is 1. The molecule has 0 aliphatic heterocycles. The molecule has 9 heteroatoms. The molecule has 1 unspecified atom stereocenters. The molecule has 3 aromatic rings. The molecule has 3 aromatic carbocycles. The average Bonchev–Trinajstić information content (AvgIpc) is 2.86. The van der Waals surface area contributed by atoms with E-state index >= 15 is 0 Å². The molecule has 0 saturated heterocycles. The molecule has 35 heavy (non-hydrogen) atoms. The standard InChI is InChI=1S/C24H25FN2O2.C2H2O4/c25-21-13-7-8-14-23(21)29-16-15-26-18-24(28)27-22(20-11-5-2-6-12-20)17-19-9-3-1-4-10-19;3-1(4)2(5)6/h1-14,22,26H,15-18H2,(H,27,28);(H,3,4)(H,5,6). The fraction of sp³-hybridized carbons (Fsp3) is 0.192. The normalized spacial score (nSPS) is 10.9. The lowest BCUT2D eigenvalue weighted by Crippen LogP contribution is -2.38. The Morgan fingerprint density at radius 1 is 0.829 bits per heavy atom. The molecule has 3 rings (SSSR count). The Labute approximate surface area is 202 Å². The van der Waals surface area contributed by atoms with Crippen molar-refractivity contribution in [3.8, 4) is 5.75 Å². The predicted molar refractivity (Wildman–Crippen MR) is 128 cm³/mol. The van der Waals surface area contributed by atoms with Crippen LogP contribution in [0.4, 0.5) is 4.39 Å². The summed E-state index contributed by atoms with van der Waals surface area (Å²) in [5.41, 5.74) is 2.22. The predicted octanol–water partition coefficient (Wildman–Crippen LogP) is 3.05. The minimum absolute atomic E-state index is 0.0966. The van der Waals surface area contributed by atoms with E-state index in [4.69, 9.17) is 24.5 Å². The number of nitrogens with one attached hydrogen (secondary N) is 2. The summed E-state index contributed by atoms with van der Waals surface area (Å²) in [6, 6.07) is 26.2. The van der Waals surface area contributed by atoms with Crippen LogP contribution < -0.4 is 15.4 Å². The van der Waals surface area contributed by atoms with Crippen LogP contribution in [0.2, 0.25) is 0 Å². The summed E-state index contributed by atoms with van der Waals surface area (Å²) in [5.74, 6) is -3.92. The number of halogens is 1. The monoisotopic (exact) mass is 482 g/mol. The third-order valence-electron chi connectivity index (χ3n) is 4.66. The second kappa shape index (κ2) is 14.8. The Morgan fingerprint density at radius 3 is 2.00 bits per heavy atom. The number of carbonyl (C=O) groups is 3. The van der Waals surface area contributed by atoms with E-state index in [-0.39, 0.29) is 30.9 Å². The number of rotatable bonds is 10. The van der Waals surface area contributed by atoms with Crippen LogP contribution in [0.15, 0.2) is 84.9 Å². The summed E-state index contributed by atoms with van der Waals surface area (Å²) in [5, 5.41) is 20.9. The van der Waals surface area contributed by atoms with Gasteiger partial charge >= 0.3 is 11.9 Å². The van der Waals surface area contributed by atoms with Crippen molar-refractivity contribution in [3.63, 3.8) is 0 Å². The Morgan fingerprint density at radius 2 is 1.40 bits per heavy atom. The maximum absolute atomic E-state index is 13.5. The van der Waals surface area contributed by atoms with Crippen LogP contribution in [-0.4, -0.2) is 47.8 Å². The molecule has 4 N–H and O–H groups in total. The van der Waals surface area contributed by atoms with Crippen molar-refractivity contribution in [3.05, 3.63) is 102 Å². The van der Waals surface area contributed by atoms with E-state index in [9.17, 15) is 9.18 Å². The molecule has 1 atom stereocenters. The Balaban J connectivity index is 0.000000641. The van der Waals surface area contributed by atoms with Gasteiger partial charge in [0.1, 0.15) is 6.61 Å². The van der Waals surface area contributed by atoms with Crippen LogP contribution in [0.1, 0.15) is 17.2 Å². The first-order valence-corrected chi connectivity index (χ1v) is 10.8. The SMILES string of the molecule is O=C(CNCCOc1ccccc1F)NC(Cc1ccccc1)c1ccccc1.O=C(O)C(=O)O. The van der Waals surface area contributed by atoms with Gasteiger partial charge in [-0.2, -0.15) is 0 Å². The first-order chi connectivity index (χ1) is 16.9. The van der Waals surface area contributed by atoms with Crippen LogP contribution in [0.25, 0.3) is 0 Å². The van der Waals surface area contributed by atoms with Gasteiger partial charge in [0.2, 0.25) is 5.91 Å². The zero-order chi connectivity index (χ0) is 25.5. The summed E-state index contributed by atoms with van der Waals surface area (Å²) in [7, 11) is 0. The van der Waals surface area contributed by atoms with Gasteiger partial charge in [-0.3, -0.25) is 4.79 Å².